The number of aromatic nitrogens is 1. The van der Waals surface area contributed by atoms with Gasteiger partial charge in [-0.15, -0.1) is 0 Å². The molecule has 4 rings (SSSR count). The summed E-state index contributed by atoms with van der Waals surface area (Å²) in [5, 5.41) is 0. The maximum Gasteiger partial charge on any atom is 0.234 e. The number of rotatable bonds is 2. The summed E-state index contributed by atoms with van der Waals surface area (Å²) in [6, 6.07) is 4.49. The third-order valence-corrected chi connectivity index (χ3v) is 5.78. The minimum Gasteiger partial charge on any atom is -0.381 e. The second-order valence-electron chi connectivity index (χ2n) is 7.12. The average molecular weight is 315 g/mol. The number of anilines is 1. The van der Waals surface area contributed by atoms with Gasteiger partial charge in [0.1, 0.15) is 0 Å². The number of hydrogen-bond acceptors (Lipinski definition) is 4. The van der Waals surface area contributed by atoms with Crippen LogP contribution in [-0.4, -0.2) is 54.7 Å². The highest BCUT2D eigenvalue weighted by Gasteiger charge is 2.50. The van der Waals surface area contributed by atoms with Crippen LogP contribution in [0.2, 0.25) is 0 Å². The Bertz CT molecular complexity index is 559. The van der Waals surface area contributed by atoms with Gasteiger partial charge in [0.2, 0.25) is 5.91 Å². The first-order chi connectivity index (χ1) is 11.3. The molecule has 0 N–H and O–H groups in total. The fourth-order valence-electron chi connectivity index (χ4n) is 4.49. The second-order valence-corrected chi connectivity index (χ2v) is 7.12. The standard InChI is InChI=1S/C18H25N3O2/c22-17-18(7-10-21(17)16-3-1-8-19-13-16)6-2-9-20(14-18)15-4-11-23-12-5-15/h1,3,8,13,15H,2,4-7,9-12,14H2/t18-/m0/s1. The Morgan fingerprint density at radius 2 is 2.09 bits per heavy atom. The molecule has 5 heteroatoms. The van der Waals surface area contributed by atoms with Gasteiger partial charge >= 0.3 is 0 Å². The quantitative estimate of drug-likeness (QED) is 0.838. The molecule has 3 aliphatic heterocycles. The van der Waals surface area contributed by atoms with Gasteiger partial charge in [-0.25, -0.2) is 0 Å². The smallest absolute Gasteiger partial charge is 0.234 e. The topological polar surface area (TPSA) is 45.7 Å². The summed E-state index contributed by atoms with van der Waals surface area (Å²) in [5.41, 5.74) is 0.768. The molecule has 0 saturated carbocycles. The molecule has 1 spiro atoms. The van der Waals surface area contributed by atoms with E-state index in [-0.39, 0.29) is 5.41 Å². The van der Waals surface area contributed by atoms with Crippen molar-refractivity contribution in [1.82, 2.24) is 9.88 Å². The molecule has 0 bridgehead atoms. The summed E-state index contributed by atoms with van der Waals surface area (Å²) in [6.45, 7) is 4.61. The van der Waals surface area contributed by atoms with Crippen LogP contribution in [0.4, 0.5) is 5.69 Å². The normalized spacial score (nSPS) is 30.3. The van der Waals surface area contributed by atoms with E-state index < -0.39 is 0 Å². The summed E-state index contributed by atoms with van der Waals surface area (Å²) < 4.78 is 5.49. The second kappa shape index (κ2) is 6.21. The minimum absolute atomic E-state index is 0.174. The molecule has 0 radical (unpaired) electrons. The highest BCUT2D eigenvalue weighted by Crippen LogP contribution is 2.42. The lowest BCUT2D eigenvalue weighted by Gasteiger charge is -2.43. The number of amides is 1. The molecule has 5 nitrogen and oxygen atoms in total. The third kappa shape index (κ3) is 2.76. The first-order valence-corrected chi connectivity index (χ1v) is 8.82. The lowest BCUT2D eigenvalue weighted by atomic mass is 9.77. The Balaban J connectivity index is 1.50. The van der Waals surface area contributed by atoms with E-state index >= 15 is 0 Å². The molecule has 1 amide bonds. The van der Waals surface area contributed by atoms with Crippen molar-refractivity contribution in [2.45, 2.75) is 38.1 Å². The molecule has 0 aromatic carbocycles. The van der Waals surface area contributed by atoms with E-state index in [4.69, 9.17) is 4.74 Å². The number of carbonyl (C=O) groups is 1. The highest BCUT2D eigenvalue weighted by molar-refractivity contribution is 6.00. The maximum atomic E-state index is 13.2. The number of pyridine rings is 1. The van der Waals surface area contributed by atoms with Gasteiger partial charge in [0.25, 0.3) is 0 Å². The van der Waals surface area contributed by atoms with Crippen LogP contribution in [0.5, 0.6) is 0 Å². The number of piperidine rings is 1. The van der Waals surface area contributed by atoms with Gasteiger partial charge in [-0.05, 0) is 50.8 Å². The Kier molecular flexibility index (Phi) is 4.07. The van der Waals surface area contributed by atoms with Crippen molar-refractivity contribution < 1.29 is 9.53 Å². The molecule has 1 atom stereocenters. The first-order valence-electron chi connectivity index (χ1n) is 8.82. The van der Waals surface area contributed by atoms with Crippen molar-refractivity contribution in [1.29, 1.82) is 0 Å². The molecule has 3 saturated heterocycles. The average Bonchev–Trinajstić information content (AvgIpc) is 2.93. The maximum absolute atomic E-state index is 13.2. The molecule has 124 valence electrons. The van der Waals surface area contributed by atoms with Crippen molar-refractivity contribution in [3.05, 3.63) is 24.5 Å². The van der Waals surface area contributed by atoms with Gasteiger partial charge in [0.05, 0.1) is 17.3 Å². The Morgan fingerprint density at radius 1 is 1.22 bits per heavy atom. The van der Waals surface area contributed by atoms with E-state index in [9.17, 15) is 4.79 Å². The van der Waals surface area contributed by atoms with Crippen LogP contribution in [0.25, 0.3) is 0 Å². The fraction of sp³-hybridized carbons (Fsp3) is 0.667. The lowest BCUT2D eigenvalue weighted by Crippen LogP contribution is -2.52. The molecule has 1 aromatic rings. The minimum atomic E-state index is -0.174. The summed E-state index contributed by atoms with van der Waals surface area (Å²) in [7, 11) is 0. The van der Waals surface area contributed by atoms with Gasteiger partial charge in [-0.3, -0.25) is 14.7 Å². The summed E-state index contributed by atoms with van der Waals surface area (Å²) in [4.78, 5) is 21.8. The van der Waals surface area contributed by atoms with Crippen LogP contribution in [0.3, 0.4) is 0 Å². The summed E-state index contributed by atoms with van der Waals surface area (Å²) >= 11 is 0. The SMILES string of the molecule is O=C1N(c2cccnc2)CC[C@]12CCCN(C1CCOCC1)C2. The van der Waals surface area contributed by atoms with Gasteiger partial charge in [0.15, 0.2) is 0 Å². The Labute approximate surface area is 137 Å². The van der Waals surface area contributed by atoms with Crippen molar-refractivity contribution >= 4 is 11.6 Å². The zero-order valence-electron chi connectivity index (χ0n) is 13.6. The van der Waals surface area contributed by atoms with Crippen molar-refractivity contribution in [3.8, 4) is 0 Å². The number of likely N-dealkylation sites (tertiary alicyclic amines) is 1. The van der Waals surface area contributed by atoms with E-state index in [1.165, 1.54) is 0 Å². The molecule has 4 heterocycles. The molecule has 1 aromatic heterocycles. The van der Waals surface area contributed by atoms with Crippen LogP contribution in [0.15, 0.2) is 24.5 Å². The van der Waals surface area contributed by atoms with Crippen molar-refractivity contribution in [2.24, 2.45) is 5.41 Å². The molecule has 3 fully saturated rings. The van der Waals surface area contributed by atoms with Gasteiger partial charge < -0.3 is 9.64 Å². The van der Waals surface area contributed by atoms with E-state index in [0.717, 1.165) is 70.6 Å². The molecule has 0 unspecified atom stereocenters. The van der Waals surface area contributed by atoms with Crippen molar-refractivity contribution in [3.63, 3.8) is 0 Å². The Morgan fingerprint density at radius 3 is 2.87 bits per heavy atom. The van der Waals surface area contributed by atoms with Gasteiger partial charge in [-0.1, -0.05) is 0 Å². The molecule has 0 aliphatic carbocycles. The monoisotopic (exact) mass is 315 g/mol. The number of hydrogen-bond donors (Lipinski definition) is 0. The Hall–Kier alpha value is -1.46. The summed E-state index contributed by atoms with van der Waals surface area (Å²) in [6.07, 6.45) is 8.91. The predicted octanol–water partition coefficient (Wildman–Crippen LogP) is 2.08. The third-order valence-electron chi connectivity index (χ3n) is 5.78. The number of nitrogens with zero attached hydrogens (tertiary/aromatic N) is 3. The van der Waals surface area contributed by atoms with Crippen LogP contribution >= 0.6 is 0 Å². The molecule has 3 aliphatic rings. The van der Waals surface area contributed by atoms with Gasteiger partial charge in [-0.2, -0.15) is 0 Å². The van der Waals surface area contributed by atoms with E-state index in [1.807, 2.05) is 17.0 Å². The van der Waals surface area contributed by atoms with Crippen LogP contribution in [0, 0.1) is 5.41 Å². The fourth-order valence-corrected chi connectivity index (χ4v) is 4.49. The zero-order valence-corrected chi connectivity index (χ0v) is 13.6. The van der Waals surface area contributed by atoms with Crippen LogP contribution < -0.4 is 4.90 Å². The predicted molar refractivity (Wildman–Crippen MR) is 88.3 cm³/mol. The first kappa shape index (κ1) is 15.1. The van der Waals surface area contributed by atoms with Crippen molar-refractivity contribution in [2.75, 3.05) is 37.7 Å². The van der Waals surface area contributed by atoms with Crippen LogP contribution in [-0.2, 0) is 9.53 Å². The largest absolute Gasteiger partial charge is 0.381 e. The number of carbonyl (C=O) groups excluding carboxylic acids is 1. The zero-order chi connectivity index (χ0) is 15.7. The van der Waals surface area contributed by atoms with Gasteiger partial charge in [0, 0.05) is 38.5 Å². The lowest BCUT2D eigenvalue weighted by molar-refractivity contribution is -0.129. The summed E-state index contributed by atoms with van der Waals surface area (Å²) in [5.74, 6) is 0.308. The van der Waals surface area contributed by atoms with E-state index in [0.29, 0.717) is 11.9 Å². The highest BCUT2D eigenvalue weighted by atomic mass is 16.5. The number of ether oxygens (including phenoxy) is 1. The molecular weight excluding hydrogens is 290 g/mol. The van der Waals surface area contributed by atoms with Crippen LogP contribution in [0.1, 0.15) is 32.1 Å². The molecular formula is C18H25N3O2. The molecule has 23 heavy (non-hydrogen) atoms. The van der Waals surface area contributed by atoms with E-state index in [2.05, 4.69) is 9.88 Å². The van der Waals surface area contributed by atoms with E-state index in [1.54, 1.807) is 12.4 Å².